The van der Waals surface area contributed by atoms with Crippen LogP contribution in [0.25, 0.3) is 0 Å². The van der Waals surface area contributed by atoms with Gasteiger partial charge in [-0.1, -0.05) is 60.7 Å². The molecule has 0 fully saturated rings. The quantitative estimate of drug-likeness (QED) is 0.742. The summed E-state index contributed by atoms with van der Waals surface area (Å²) in [4.78, 5) is 4.21. The summed E-state index contributed by atoms with van der Waals surface area (Å²) in [6.45, 7) is 1.34. The zero-order valence-electron chi connectivity index (χ0n) is 14.4. The Kier molecular flexibility index (Phi) is 5.11. The van der Waals surface area contributed by atoms with Gasteiger partial charge in [0, 0.05) is 0 Å². The van der Waals surface area contributed by atoms with Crippen molar-refractivity contribution in [3.05, 3.63) is 90.0 Å². The summed E-state index contributed by atoms with van der Waals surface area (Å²) in [5, 5.41) is 10.6. The Morgan fingerprint density at radius 2 is 1.54 bits per heavy atom. The maximum atomic E-state index is 10.6. The fourth-order valence-electron chi connectivity index (χ4n) is 3.30. The van der Waals surface area contributed by atoms with Crippen LogP contribution >= 0.6 is 0 Å². The van der Waals surface area contributed by atoms with Gasteiger partial charge in [-0.15, -0.1) is 0 Å². The molecule has 0 radical (unpaired) electrons. The number of aromatic nitrogens is 2. The zero-order chi connectivity index (χ0) is 17.8. The predicted octanol–water partition coefficient (Wildman–Crippen LogP) is 3.10. The minimum atomic E-state index is -0.652. The lowest BCUT2D eigenvalue weighted by molar-refractivity contribution is -0.151. The molecule has 4 rings (SSSR count). The van der Waals surface area contributed by atoms with Crippen molar-refractivity contribution in [2.75, 3.05) is 0 Å². The lowest BCUT2D eigenvalue weighted by Crippen LogP contribution is -2.43. The van der Waals surface area contributed by atoms with E-state index in [4.69, 9.17) is 9.47 Å². The molecule has 5 heteroatoms. The summed E-state index contributed by atoms with van der Waals surface area (Å²) in [5.74, 6) is 0. The zero-order valence-corrected chi connectivity index (χ0v) is 14.4. The highest BCUT2D eigenvalue weighted by atomic mass is 16.5. The molecule has 3 atom stereocenters. The van der Waals surface area contributed by atoms with Gasteiger partial charge in [-0.25, -0.2) is 4.98 Å². The molecule has 26 heavy (non-hydrogen) atoms. The average molecular weight is 350 g/mol. The second kappa shape index (κ2) is 7.83. The fourth-order valence-corrected chi connectivity index (χ4v) is 3.30. The number of aliphatic hydroxyl groups excluding tert-OH is 1. The molecule has 5 nitrogen and oxygen atoms in total. The number of fused-ring (bicyclic) bond motifs is 1. The van der Waals surface area contributed by atoms with Gasteiger partial charge in [0.1, 0.15) is 18.3 Å². The first-order valence-corrected chi connectivity index (χ1v) is 8.80. The maximum absolute atomic E-state index is 10.6. The molecule has 2 aromatic carbocycles. The second-order valence-corrected chi connectivity index (χ2v) is 6.52. The van der Waals surface area contributed by atoms with Gasteiger partial charge >= 0.3 is 0 Å². The molecular formula is C21H22N2O3. The number of ether oxygens (including phenoxy) is 2. The van der Waals surface area contributed by atoms with E-state index in [1.807, 2.05) is 65.2 Å². The third-order valence-corrected chi connectivity index (χ3v) is 4.66. The van der Waals surface area contributed by atoms with Crippen molar-refractivity contribution in [2.24, 2.45) is 0 Å². The SMILES string of the molecule is O[C@H]1Cn2cncc2[C@H](OCc2ccccc2)[C@H]1OCc1ccccc1. The van der Waals surface area contributed by atoms with Crippen molar-refractivity contribution in [3.8, 4) is 0 Å². The maximum Gasteiger partial charge on any atom is 0.128 e. The van der Waals surface area contributed by atoms with Crippen molar-refractivity contribution < 1.29 is 14.6 Å². The topological polar surface area (TPSA) is 56.5 Å². The van der Waals surface area contributed by atoms with Gasteiger partial charge < -0.3 is 19.1 Å². The summed E-state index contributed by atoms with van der Waals surface area (Å²) in [7, 11) is 0. The Balaban J connectivity index is 1.51. The standard InChI is InChI=1S/C21H22N2O3/c24-19-12-23-15-22-11-18(23)20(25-13-16-7-3-1-4-8-16)21(19)26-14-17-9-5-2-6-10-17/h1-11,15,19-21,24H,12-14H2/t19-,20-,21-/m0/s1. The lowest BCUT2D eigenvalue weighted by atomic mass is 10.0. The van der Waals surface area contributed by atoms with Crippen LogP contribution in [0.4, 0.5) is 0 Å². The molecule has 1 aliphatic heterocycles. The second-order valence-electron chi connectivity index (χ2n) is 6.52. The molecule has 0 amide bonds. The van der Waals surface area contributed by atoms with Crippen molar-refractivity contribution in [2.45, 2.75) is 38.1 Å². The van der Waals surface area contributed by atoms with Crippen molar-refractivity contribution in [3.63, 3.8) is 0 Å². The van der Waals surface area contributed by atoms with E-state index < -0.39 is 12.2 Å². The molecular weight excluding hydrogens is 328 g/mol. The molecule has 0 unspecified atom stereocenters. The molecule has 0 bridgehead atoms. The molecule has 2 heterocycles. The van der Waals surface area contributed by atoms with Gasteiger partial charge in [0.05, 0.1) is 38.0 Å². The predicted molar refractivity (Wildman–Crippen MR) is 97.2 cm³/mol. The summed E-state index contributed by atoms with van der Waals surface area (Å²) in [6.07, 6.45) is 2.06. The first-order valence-electron chi connectivity index (χ1n) is 8.80. The van der Waals surface area contributed by atoms with Crippen LogP contribution < -0.4 is 0 Å². The first-order chi connectivity index (χ1) is 12.8. The molecule has 3 aromatic rings. The third kappa shape index (κ3) is 3.70. The van der Waals surface area contributed by atoms with Gasteiger partial charge in [-0.3, -0.25) is 0 Å². The van der Waals surface area contributed by atoms with Gasteiger partial charge in [0.25, 0.3) is 0 Å². The van der Waals surface area contributed by atoms with E-state index in [1.165, 1.54) is 0 Å². The Morgan fingerprint density at radius 3 is 2.19 bits per heavy atom. The molecule has 1 N–H and O–H groups in total. The van der Waals surface area contributed by atoms with Crippen LogP contribution in [0.2, 0.25) is 0 Å². The highest BCUT2D eigenvalue weighted by molar-refractivity contribution is 5.16. The highest BCUT2D eigenvalue weighted by Gasteiger charge is 2.38. The van der Waals surface area contributed by atoms with E-state index in [1.54, 1.807) is 12.5 Å². The van der Waals surface area contributed by atoms with Crippen LogP contribution in [0.3, 0.4) is 0 Å². The van der Waals surface area contributed by atoms with Crippen LogP contribution in [0.15, 0.2) is 73.2 Å². The van der Waals surface area contributed by atoms with Crippen molar-refractivity contribution in [1.82, 2.24) is 9.55 Å². The monoisotopic (exact) mass is 350 g/mol. The number of nitrogens with zero attached hydrogens (tertiary/aromatic N) is 2. The van der Waals surface area contributed by atoms with E-state index >= 15 is 0 Å². The number of hydrogen-bond acceptors (Lipinski definition) is 4. The number of benzene rings is 2. The number of imidazole rings is 1. The van der Waals surface area contributed by atoms with Gasteiger partial charge in [-0.2, -0.15) is 0 Å². The number of aliphatic hydroxyl groups is 1. The Labute approximate surface area is 152 Å². The van der Waals surface area contributed by atoms with Gasteiger partial charge in [-0.05, 0) is 11.1 Å². The Hall–Kier alpha value is -2.47. The number of hydrogen-bond donors (Lipinski definition) is 1. The highest BCUT2D eigenvalue weighted by Crippen LogP contribution is 2.32. The smallest absolute Gasteiger partial charge is 0.128 e. The van der Waals surface area contributed by atoms with E-state index in [-0.39, 0.29) is 6.10 Å². The minimum absolute atomic E-state index is 0.370. The van der Waals surface area contributed by atoms with E-state index in [2.05, 4.69) is 4.98 Å². The van der Waals surface area contributed by atoms with Crippen molar-refractivity contribution in [1.29, 1.82) is 0 Å². The van der Waals surface area contributed by atoms with Gasteiger partial charge in [0.2, 0.25) is 0 Å². The van der Waals surface area contributed by atoms with Crippen LogP contribution in [0, 0.1) is 0 Å². The van der Waals surface area contributed by atoms with E-state index in [0.717, 1.165) is 16.8 Å². The normalized spacial score (nSPS) is 22.1. The van der Waals surface area contributed by atoms with Crippen LogP contribution in [-0.4, -0.2) is 26.9 Å². The van der Waals surface area contributed by atoms with Crippen molar-refractivity contribution >= 4 is 0 Å². The average Bonchev–Trinajstić information content (AvgIpc) is 3.14. The largest absolute Gasteiger partial charge is 0.388 e. The first kappa shape index (κ1) is 17.0. The molecule has 0 saturated heterocycles. The van der Waals surface area contributed by atoms with Crippen LogP contribution in [0.5, 0.6) is 0 Å². The summed E-state index contributed by atoms with van der Waals surface area (Å²) < 4.78 is 14.2. The molecule has 0 saturated carbocycles. The lowest BCUT2D eigenvalue weighted by Gasteiger charge is -2.36. The molecule has 0 aliphatic carbocycles. The summed E-state index contributed by atoms with van der Waals surface area (Å²) in [6, 6.07) is 20.0. The van der Waals surface area contributed by atoms with Crippen LogP contribution in [-0.2, 0) is 29.2 Å². The Bertz CT molecular complexity index is 820. The van der Waals surface area contributed by atoms with Gasteiger partial charge in [0.15, 0.2) is 0 Å². The van der Waals surface area contributed by atoms with E-state index in [0.29, 0.717) is 19.8 Å². The summed E-state index contributed by atoms with van der Waals surface area (Å²) >= 11 is 0. The molecule has 134 valence electrons. The Morgan fingerprint density at radius 1 is 0.923 bits per heavy atom. The molecule has 0 spiro atoms. The summed E-state index contributed by atoms with van der Waals surface area (Å²) in [5.41, 5.74) is 3.09. The van der Waals surface area contributed by atoms with Crippen LogP contribution in [0.1, 0.15) is 22.9 Å². The molecule has 1 aromatic heterocycles. The number of rotatable bonds is 6. The van der Waals surface area contributed by atoms with E-state index in [9.17, 15) is 5.11 Å². The molecule has 1 aliphatic rings. The third-order valence-electron chi connectivity index (χ3n) is 4.66. The minimum Gasteiger partial charge on any atom is -0.388 e. The fraction of sp³-hybridized carbons (Fsp3) is 0.286.